The van der Waals surface area contributed by atoms with E-state index in [1.54, 1.807) is 36.5 Å². The fourth-order valence-corrected chi connectivity index (χ4v) is 3.06. The van der Waals surface area contributed by atoms with Crippen molar-refractivity contribution in [2.24, 2.45) is 7.05 Å². The van der Waals surface area contributed by atoms with Crippen LogP contribution >= 0.6 is 11.6 Å². The van der Waals surface area contributed by atoms with E-state index in [9.17, 15) is 9.59 Å². The minimum absolute atomic E-state index is 0.166. The molecule has 0 amide bonds. The average molecular weight is 364 g/mol. The van der Waals surface area contributed by atoms with Crippen molar-refractivity contribution < 1.29 is 4.79 Å². The first-order valence-electron chi connectivity index (χ1n) is 7.97. The number of carbonyl (C=O) groups excluding carboxylic acids is 1. The van der Waals surface area contributed by atoms with Crippen LogP contribution in [0.1, 0.15) is 10.4 Å². The first-order chi connectivity index (χ1) is 12.6. The molecule has 0 spiro atoms. The summed E-state index contributed by atoms with van der Waals surface area (Å²) in [5.74, 6) is 0.539. The fraction of sp³-hybridized carbons (Fsp3) is 0.0500. The molecule has 0 aliphatic carbocycles. The third-order valence-electron chi connectivity index (χ3n) is 4.33. The van der Waals surface area contributed by atoms with Crippen molar-refractivity contribution in [3.8, 4) is 22.5 Å². The Kier molecular flexibility index (Phi) is 3.93. The van der Waals surface area contributed by atoms with E-state index in [1.165, 1.54) is 4.40 Å². The van der Waals surface area contributed by atoms with Gasteiger partial charge < -0.3 is 4.57 Å². The summed E-state index contributed by atoms with van der Waals surface area (Å²) in [6.07, 6.45) is 2.51. The van der Waals surface area contributed by atoms with Crippen LogP contribution in [0.5, 0.6) is 0 Å². The zero-order chi connectivity index (χ0) is 18.3. The molecule has 0 atom stereocenters. The maximum absolute atomic E-state index is 12.6. The number of aldehydes is 1. The highest BCUT2D eigenvalue weighted by Crippen LogP contribution is 2.23. The molecule has 2 heterocycles. The molecule has 0 aliphatic heterocycles. The molecular weight excluding hydrogens is 350 g/mol. The lowest BCUT2D eigenvalue weighted by Gasteiger charge is -2.10. The van der Waals surface area contributed by atoms with Crippen LogP contribution < -0.4 is 5.56 Å². The van der Waals surface area contributed by atoms with Crippen LogP contribution in [0, 0.1) is 0 Å². The number of aromatic nitrogens is 3. The molecule has 0 unspecified atom stereocenters. The van der Waals surface area contributed by atoms with Gasteiger partial charge in [-0.25, -0.2) is 4.98 Å². The molecule has 4 aromatic rings. The fourth-order valence-electron chi connectivity index (χ4n) is 2.93. The molecule has 2 aromatic carbocycles. The Morgan fingerprint density at radius 3 is 2.31 bits per heavy atom. The molecule has 0 bridgehead atoms. The van der Waals surface area contributed by atoms with Gasteiger partial charge in [0.2, 0.25) is 5.78 Å². The topological polar surface area (TPSA) is 56.4 Å². The molecular formula is C20H14ClN3O2. The van der Waals surface area contributed by atoms with Gasteiger partial charge >= 0.3 is 0 Å². The van der Waals surface area contributed by atoms with E-state index in [2.05, 4.69) is 4.98 Å². The first-order valence-corrected chi connectivity index (χ1v) is 8.35. The van der Waals surface area contributed by atoms with Gasteiger partial charge in [-0.3, -0.25) is 14.0 Å². The molecule has 0 saturated heterocycles. The summed E-state index contributed by atoms with van der Waals surface area (Å²) in [6, 6.07) is 16.0. The monoisotopic (exact) mass is 363 g/mol. The largest absolute Gasteiger partial charge is 0.314 e. The number of hydrogen-bond donors (Lipinski definition) is 0. The Morgan fingerprint density at radius 1 is 1.00 bits per heavy atom. The molecule has 4 rings (SSSR count). The molecule has 0 N–H and O–H groups in total. The molecule has 5 nitrogen and oxygen atoms in total. The molecule has 0 saturated carbocycles. The second kappa shape index (κ2) is 6.28. The van der Waals surface area contributed by atoms with Crippen molar-refractivity contribution >= 4 is 23.7 Å². The zero-order valence-corrected chi connectivity index (χ0v) is 14.6. The van der Waals surface area contributed by atoms with Crippen molar-refractivity contribution in [1.29, 1.82) is 0 Å². The van der Waals surface area contributed by atoms with Crippen LogP contribution in [-0.4, -0.2) is 20.2 Å². The second-order valence-electron chi connectivity index (χ2n) is 5.97. The number of hydrogen-bond acceptors (Lipinski definition) is 3. The number of carbonyl (C=O) groups is 1. The van der Waals surface area contributed by atoms with Crippen molar-refractivity contribution in [1.82, 2.24) is 14.0 Å². The van der Waals surface area contributed by atoms with E-state index in [-0.39, 0.29) is 5.56 Å². The van der Waals surface area contributed by atoms with Crippen molar-refractivity contribution in [2.45, 2.75) is 0 Å². The molecule has 26 heavy (non-hydrogen) atoms. The third-order valence-corrected chi connectivity index (χ3v) is 4.58. The van der Waals surface area contributed by atoms with Gasteiger partial charge in [0.15, 0.2) is 0 Å². The summed E-state index contributed by atoms with van der Waals surface area (Å²) in [4.78, 5) is 28.0. The summed E-state index contributed by atoms with van der Waals surface area (Å²) in [7, 11) is 1.86. The van der Waals surface area contributed by atoms with Crippen molar-refractivity contribution in [3.63, 3.8) is 0 Å². The SMILES string of the molecule is Cn1c(-c2ccc(C=O)cc2)cc(=O)n2cc(-c3ccc(Cl)cc3)nc12. The smallest absolute Gasteiger partial charge is 0.259 e. The Bertz CT molecular complexity index is 1170. The Morgan fingerprint density at radius 2 is 1.65 bits per heavy atom. The number of halogens is 1. The average Bonchev–Trinajstić information content (AvgIpc) is 3.12. The highest BCUT2D eigenvalue weighted by atomic mass is 35.5. The summed E-state index contributed by atoms with van der Waals surface area (Å²) < 4.78 is 3.38. The van der Waals surface area contributed by atoms with Gasteiger partial charge in [-0.2, -0.15) is 0 Å². The van der Waals surface area contributed by atoms with Crippen LogP contribution in [0.4, 0.5) is 0 Å². The van der Waals surface area contributed by atoms with Gasteiger partial charge in [0, 0.05) is 35.5 Å². The molecule has 128 valence electrons. The quantitative estimate of drug-likeness (QED) is 0.520. The standard InChI is InChI=1S/C20H14ClN3O2/c1-23-18(15-4-2-13(12-25)3-5-15)10-19(26)24-11-17(22-20(23)24)14-6-8-16(21)9-7-14/h2-12H,1H3. The molecule has 0 fully saturated rings. The highest BCUT2D eigenvalue weighted by molar-refractivity contribution is 6.30. The number of imidazole rings is 1. The van der Waals surface area contributed by atoms with E-state index < -0.39 is 0 Å². The number of aryl methyl sites for hydroxylation is 1. The predicted molar refractivity (Wildman–Crippen MR) is 102 cm³/mol. The second-order valence-corrected chi connectivity index (χ2v) is 6.41. The van der Waals surface area contributed by atoms with Gasteiger partial charge in [0.1, 0.15) is 6.29 Å². The third kappa shape index (κ3) is 2.72. The van der Waals surface area contributed by atoms with Crippen LogP contribution in [0.15, 0.2) is 65.6 Å². The number of rotatable bonds is 3. The van der Waals surface area contributed by atoms with Gasteiger partial charge in [-0.1, -0.05) is 48.0 Å². The number of nitrogens with zero attached hydrogens (tertiary/aromatic N) is 3. The minimum atomic E-state index is -0.166. The number of benzene rings is 2. The van der Waals surface area contributed by atoms with Gasteiger partial charge in [0.05, 0.1) is 11.4 Å². The van der Waals surface area contributed by atoms with E-state index in [0.717, 1.165) is 23.1 Å². The Hall–Kier alpha value is -3.18. The zero-order valence-electron chi connectivity index (χ0n) is 13.9. The normalized spacial score (nSPS) is 11.0. The molecule has 0 radical (unpaired) electrons. The Labute approximate surface area is 154 Å². The molecule has 0 aliphatic rings. The summed E-state index contributed by atoms with van der Waals surface area (Å²) >= 11 is 5.94. The maximum atomic E-state index is 12.6. The predicted octanol–water partition coefficient (Wildman–Crippen LogP) is 3.83. The van der Waals surface area contributed by atoms with E-state index >= 15 is 0 Å². The van der Waals surface area contributed by atoms with E-state index in [4.69, 9.17) is 11.6 Å². The van der Waals surface area contributed by atoms with Crippen LogP contribution in [0.25, 0.3) is 28.3 Å². The maximum Gasteiger partial charge on any atom is 0.259 e. The van der Waals surface area contributed by atoms with E-state index in [1.807, 2.05) is 35.9 Å². The van der Waals surface area contributed by atoms with Crippen LogP contribution in [0.2, 0.25) is 5.02 Å². The summed E-state index contributed by atoms with van der Waals surface area (Å²) in [6.45, 7) is 0. The van der Waals surface area contributed by atoms with Crippen molar-refractivity contribution in [2.75, 3.05) is 0 Å². The molecule has 2 aromatic heterocycles. The minimum Gasteiger partial charge on any atom is -0.314 e. The van der Waals surface area contributed by atoms with Gasteiger partial charge in [0.25, 0.3) is 5.56 Å². The van der Waals surface area contributed by atoms with Gasteiger partial charge in [-0.05, 0) is 17.7 Å². The number of fused-ring (bicyclic) bond motifs is 1. The van der Waals surface area contributed by atoms with Crippen molar-refractivity contribution in [3.05, 3.63) is 81.7 Å². The van der Waals surface area contributed by atoms with Gasteiger partial charge in [-0.15, -0.1) is 0 Å². The lowest BCUT2D eigenvalue weighted by molar-refractivity contribution is 0.112. The lowest BCUT2D eigenvalue weighted by atomic mass is 10.1. The summed E-state index contributed by atoms with van der Waals surface area (Å²) in [5.41, 5.74) is 3.57. The first kappa shape index (κ1) is 16.3. The van der Waals surface area contributed by atoms with Crippen LogP contribution in [0.3, 0.4) is 0 Å². The Balaban J connectivity index is 1.89. The van der Waals surface area contributed by atoms with E-state index in [0.29, 0.717) is 22.1 Å². The summed E-state index contributed by atoms with van der Waals surface area (Å²) in [5, 5.41) is 0.647. The molecule has 6 heteroatoms. The van der Waals surface area contributed by atoms with Crippen LogP contribution in [-0.2, 0) is 7.05 Å². The highest BCUT2D eigenvalue weighted by Gasteiger charge is 2.12. The lowest BCUT2D eigenvalue weighted by Crippen LogP contribution is -2.16.